The molecule has 9 aromatic carbocycles. The molecule has 0 aliphatic heterocycles. The van der Waals surface area contributed by atoms with E-state index in [-0.39, 0.29) is 0 Å². The van der Waals surface area contributed by atoms with Crippen LogP contribution in [0.2, 0.25) is 0 Å². The van der Waals surface area contributed by atoms with Crippen LogP contribution in [0.5, 0.6) is 0 Å². The predicted octanol–water partition coefficient (Wildman–Crippen LogP) is 14.9. The predicted molar refractivity (Wildman–Crippen MR) is 228 cm³/mol. The number of nitrogens with zero attached hydrogens (tertiary/aromatic N) is 1. The first-order valence-electron chi connectivity index (χ1n) is 18.4. The number of benzene rings is 9. The van der Waals surface area contributed by atoms with E-state index in [4.69, 9.17) is 4.42 Å². The summed E-state index contributed by atoms with van der Waals surface area (Å²) in [5.74, 6) is 0. The van der Waals surface area contributed by atoms with Gasteiger partial charge in [0.05, 0.1) is 5.69 Å². The van der Waals surface area contributed by atoms with E-state index in [9.17, 15) is 0 Å². The van der Waals surface area contributed by atoms with Gasteiger partial charge in [-0.1, -0.05) is 164 Å². The number of anilines is 3. The summed E-state index contributed by atoms with van der Waals surface area (Å²) in [6, 6.07) is 75.8. The van der Waals surface area contributed by atoms with Gasteiger partial charge in [-0.2, -0.15) is 0 Å². The molecule has 54 heavy (non-hydrogen) atoms. The Morgan fingerprint density at radius 3 is 1.33 bits per heavy atom. The molecule has 2 heteroatoms. The standard InChI is InChI=1S/C52H35NO/c1-3-12-36(13-4-1)38-22-24-39(25-23-38)41-28-32-45(33-29-41)53(44-30-26-40(27-31-44)37-14-5-2-6-15-37)49-20-10-9-18-46(49)47-19-11-21-50-52(47)48-34-42-16-7-8-17-43(42)35-51(48)54-50/h1-35H. The quantitative estimate of drug-likeness (QED) is 0.166. The second-order valence-electron chi connectivity index (χ2n) is 13.7. The average Bonchev–Trinajstić information content (AvgIpc) is 3.62. The van der Waals surface area contributed by atoms with E-state index in [1.807, 2.05) is 0 Å². The van der Waals surface area contributed by atoms with Gasteiger partial charge < -0.3 is 9.32 Å². The minimum absolute atomic E-state index is 0.883. The first-order valence-corrected chi connectivity index (χ1v) is 18.4. The molecule has 0 bridgehead atoms. The lowest BCUT2D eigenvalue weighted by Gasteiger charge is -2.28. The summed E-state index contributed by atoms with van der Waals surface area (Å²) in [5.41, 5.74) is 14.5. The van der Waals surface area contributed by atoms with Crippen molar-refractivity contribution in [3.8, 4) is 44.5 Å². The highest BCUT2D eigenvalue weighted by atomic mass is 16.3. The van der Waals surface area contributed by atoms with Crippen molar-refractivity contribution in [3.63, 3.8) is 0 Å². The Hall–Kier alpha value is -7.16. The summed E-state index contributed by atoms with van der Waals surface area (Å²) in [7, 11) is 0. The van der Waals surface area contributed by atoms with Crippen LogP contribution in [0.15, 0.2) is 217 Å². The van der Waals surface area contributed by atoms with Crippen LogP contribution in [0, 0.1) is 0 Å². The van der Waals surface area contributed by atoms with Crippen LogP contribution >= 0.6 is 0 Å². The van der Waals surface area contributed by atoms with Crippen LogP contribution in [0.25, 0.3) is 77.2 Å². The molecule has 0 fully saturated rings. The summed E-state index contributed by atoms with van der Waals surface area (Å²) in [5, 5.41) is 4.62. The maximum Gasteiger partial charge on any atom is 0.136 e. The summed E-state index contributed by atoms with van der Waals surface area (Å²) in [6.45, 7) is 0. The molecule has 0 N–H and O–H groups in total. The van der Waals surface area contributed by atoms with Gasteiger partial charge in [-0.15, -0.1) is 0 Å². The number of furan rings is 1. The molecule has 0 atom stereocenters. The maximum absolute atomic E-state index is 6.52. The topological polar surface area (TPSA) is 16.4 Å². The number of hydrogen-bond donors (Lipinski definition) is 0. The molecule has 0 spiro atoms. The van der Waals surface area contributed by atoms with E-state index in [2.05, 4.69) is 217 Å². The van der Waals surface area contributed by atoms with Gasteiger partial charge in [-0.05, 0) is 98.2 Å². The molecule has 0 saturated heterocycles. The van der Waals surface area contributed by atoms with E-state index in [0.29, 0.717) is 0 Å². The third kappa shape index (κ3) is 5.71. The zero-order valence-corrected chi connectivity index (χ0v) is 29.6. The van der Waals surface area contributed by atoms with Crippen molar-refractivity contribution in [1.82, 2.24) is 0 Å². The first kappa shape index (κ1) is 31.6. The molecule has 10 aromatic rings. The Morgan fingerprint density at radius 1 is 0.315 bits per heavy atom. The molecule has 1 aromatic heterocycles. The van der Waals surface area contributed by atoms with Gasteiger partial charge in [-0.3, -0.25) is 0 Å². The summed E-state index contributed by atoms with van der Waals surface area (Å²) in [6.07, 6.45) is 0. The van der Waals surface area contributed by atoms with Crippen molar-refractivity contribution in [2.24, 2.45) is 0 Å². The molecule has 0 unspecified atom stereocenters. The minimum atomic E-state index is 0.883. The molecule has 2 nitrogen and oxygen atoms in total. The van der Waals surface area contributed by atoms with Gasteiger partial charge >= 0.3 is 0 Å². The van der Waals surface area contributed by atoms with Crippen molar-refractivity contribution >= 4 is 49.8 Å². The van der Waals surface area contributed by atoms with Crippen LogP contribution in [0.4, 0.5) is 17.1 Å². The van der Waals surface area contributed by atoms with Gasteiger partial charge in [0.1, 0.15) is 11.2 Å². The lowest BCUT2D eigenvalue weighted by Crippen LogP contribution is -2.11. The average molecular weight is 690 g/mol. The number of hydrogen-bond acceptors (Lipinski definition) is 2. The van der Waals surface area contributed by atoms with Gasteiger partial charge in [0.2, 0.25) is 0 Å². The smallest absolute Gasteiger partial charge is 0.136 e. The third-order valence-electron chi connectivity index (χ3n) is 10.5. The van der Waals surface area contributed by atoms with E-state index < -0.39 is 0 Å². The molecule has 0 amide bonds. The molecule has 0 radical (unpaired) electrons. The molecular weight excluding hydrogens is 655 g/mol. The number of para-hydroxylation sites is 1. The Labute approximate surface area is 314 Å². The Morgan fingerprint density at radius 2 is 0.759 bits per heavy atom. The molecule has 0 aliphatic carbocycles. The number of fused-ring (bicyclic) bond motifs is 4. The Bertz CT molecular complexity index is 2890. The van der Waals surface area contributed by atoms with Crippen LogP contribution in [-0.2, 0) is 0 Å². The third-order valence-corrected chi connectivity index (χ3v) is 10.5. The molecule has 1 heterocycles. The van der Waals surface area contributed by atoms with Gasteiger partial charge in [0.15, 0.2) is 0 Å². The number of rotatable bonds is 7. The molecule has 10 rings (SSSR count). The van der Waals surface area contributed by atoms with Gasteiger partial charge in [0, 0.05) is 27.7 Å². The van der Waals surface area contributed by atoms with Crippen LogP contribution in [0.3, 0.4) is 0 Å². The molecule has 0 aliphatic rings. The van der Waals surface area contributed by atoms with Gasteiger partial charge in [0.25, 0.3) is 0 Å². The fraction of sp³-hybridized carbons (Fsp3) is 0. The van der Waals surface area contributed by atoms with Crippen molar-refractivity contribution in [1.29, 1.82) is 0 Å². The van der Waals surface area contributed by atoms with Crippen molar-refractivity contribution in [2.75, 3.05) is 4.90 Å². The Kier molecular flexibility index (Phi) is 7.85. The van der Waals surface area contributed by atoms with E-state index in [0.717, 1.165) is 50.1 Å². The highest BCUT2D eigenvalue weighted by Crippen LogP contribution is 2.45. The SMILES string of the molecule is c1ccc(-c2ccc(-c3ccc(N(c4ccc(-c5ccccc5)cc4)c4ccccc4-c4cccc5oc6cc7ccccc7cc6c45)cc3)cc2)cc1. The van der Waals surface area contributed by atoms with Gasteiger partial charge in [-0.25, -0.2) is 0 Å². The summed E-state index contributed by atoms with van der Waals surface area (Å²) < 4.78 is 6.52. The zero-order chi connectivity index (χ0) is 35.8. The normalized spacial score (nSPS) is 11.3. The van der Waals surface area contributed by atoms with Crippen LogP contribution in [-0.4, -0.2) is 0 Å². The largest absolute Gasteiger partial charge is 0.456 e. The molecule has 254 valence electrons. The van der Waals surface area contributed by atoms with Crippen LogP contribution < -0.4 is 4.90 Å². The van der Waals surface area contributed by atoms with Crippen molar-refractivity contribution in [2.45, 2.75) is 0 Å². The minimum Gasteiger partial charge on any atom is -0.456 e. The van der Waals surface area contributed by atoms with E-state index in [1.54, 1.807) is 0 Å². The fourth-order valence-corrected chi connectivity index (χ4v) is 7.78. The monoisotopic (exact) mass is 689 g/mol. The fourth-order valence-electron chi connectivity index (χ4n) is 7.78. The van der Waals surface area contributed by atoms with E-state index in [1.165, 1.54) is 44.2 Å². The van der Waals surface area contributed by atoms with Crippen molar-refractivity contribution in [3.05, 3.63) is 212 Å². The highest BCUT2D eigenvalue weighted by molar-refractivity contribution is 6.16. The lowest BCUT2D eigenvalue weighted by atomic mass is 9.96. The Balaban J connectivity index is 1.11. The summed E-state index contributed by atoms with van der Waals surface area (Å²) in [4.78, 5) is 2.38. The second-order valence-corrected chi connectivity index (χ2v) is 13.7. The second kappa shape index (κ2) is 13.4. The summed E-state index contributed by atoms with van der Waals surface area (Å²) >= 11 is 0. The first-order chi connectivity index (χ1) is 26.8. The maximum atomic E-state index is 6.52. The highest BCUT2D eigenvalue weighted by Gasteiger charge is 2.21. The van der Waals surface area contributed by atoms with Crippen molar-refractivity contribution < 1.29 is 4.42 Å². The molecular formula is C52H35NO. The zero-order valence-electron chi connectivity index (χ0n) is 29.6. The molecule has 0 saturated carbocycles. The van der Waals surface area contributed by atoms with E-state index >= 15 is 0 Å². The lowest BCUT2D eigenvalue weighted by molar-refractivity contribution is 0.669. The van der Waals surface area contributed by atoms with Crippen LogP contribution in [0.1, 0.15) is 0 Å².